The number of aryl methyl sites for hydroxylation is 1. The molecule has 25 heteroatoms. The number of aromatic hydroxyl groups is 1. The van der Waals surface area contributed by atoms with Crippen molar-refractivity contribution in [1.29, 1.82) is 0 Å². The molecule has 0 atom stereocenters. The minimum atomic E-state index is -1.40. The summed E-state index contributed by atoms with van der Waals surface area (Å²) in [5, 5.41) is 93.0. The highest BCUT2D eigenvalue weighted by molar-refractivity contribution is 5.96. The van der Waals surface area contributed by atoms with Crippen molar-refractivity contribution >= 4 is 64.7 Å². The summed E-state index contributed by atoms with van der Waals surface area (Å²) in [4.78, 5) is 85.1. The summed E-state index contributed by atoms with van der Waals surface area (Å²) in [7, 11) is 0. The van der Waals surface area contributed by atoms with Gasteiger partial charge in [-0.2, -0.15) is 25.2 Å². The highest BCUT2D eigenvalue weighted by Crippen LogP contribution is 2.31. The Balaban J connectivity index is 1.51. The quantitative estimate of drug-likeness (QED) is 0.0418. The second kappa shape index (κ2) is 21.1. The monoisotopic (exact) mass is 860 g/mol. The van der Waals surface area contributed by atoms with E-state index in [1.165, 1.54) is 19.9 Å². The van der Waals surface area contributed by atoms with E-state index in [1.807, 2.05) is 0 Å². The Kier molecular flexibility index (Phi) is 15.7. The van der Waals surface area contributed by atoms with E-state index in [4.69, 9.17) is 0 Å². The van der Waals surface area contributed by atoms with E-state index in [2.05, 4.69) is 51.4 Å². The van der Waals surface area contributed by atoms with Crippen molar-refractivity contribution in [3.8, 4) is 5.88 Å². The molecule has 0 radical (unpaired) electrons. The van der Waals surface area contributed by atoms with Gasteiger partial charge in [-0.25, -0.2) is 19.2 Å². The van der Waals surface area contributed by atoms with E-state index in [-0.39, 0.29) is 114 Å². The summed E-state index contributed by atoms with van der Waals surface area (Å²) in [6.45, 7) is 3.54. The van der Waals surface area contributed by atoms with Crippen LogP contribution in [0.2, 0.25) is 0 Å². The normalized spacial score (nSPS) is 11.6. The Morgan fingerprint density at radius 2 is 1.16 bits per heavy atom. The molecule has 10 N–H and O–H groups in total. The van der Waals surface area contributed by atoms with E-state index in [9.17, 15) is 64.5 Å². The molecular weight excluding hydrogens is 820 g/mol. The first-order valence-electron chi connectivity index (χ1n) is 18.2. The van der Waals surface area contributed by atoms with Gasteiger partial charge >= 0.3 is 23.9 Å². The van der Waals surface area contributed by atoms with Gasteiger partial charge in [0, 0.05) is 45.7 Å². The number of azo groups is 2. The van der Waals surface area contributed by atoms with Gasteiger partial charge in [-0.3, -0.25) is 19.1 Å². The highest BCUT2D eigenvalue weighted by atomic mass is 16.4. The highest BCUT2D eigenvalue weighted by Gasteiger charge is 2.19. The third-order valence-electron chi connectivity index (χ3n) is 8.32. The molecule has 0 bridgehead atoms. The molecule has 0 fully saturated rings. The molecule has 0 saturated heterocycles. The zero-order valence-electron chi connectivity index (χ0n) is 33.1. The third kappa shape index (κ3) is 12.3. The fourth-order valence-electron chi connectivity index (χ4n) is 5.32. The molecule has 0 unspecified atom stereocenters. The van der Waals surface area contributed by atoms with Crippen LogP contribution in [-0.4, -0.2) is 123 Å². The summed E-state index contributed by atoms with van der Waals surface area (Å²) >= 11 is 0. The second-order valence-electron chi connectivity index (χ2n) is 12.8. The number of aliphatic hydroxyl groups excluding tert-OH is 2. The van der Waals surface area contributed by atoms with Crippen molar-refractivity contribution < 1.29 is 59.7 Å². The summed E-state index contributed by atoms with van der Waals surface area (Å²) in [5.41, 5.74) is -2.34. The molecule has 2 aromatic heterocycles. The van der Waals surface area contributed by atoms with Gasteiger partial charge in [0.15, 0.2) is 0 Å². The molecule has 25 nitrogen and oxygen atoms in total. The smallest absolute Gasteiger partial charge is 0.335 e. The zero-order chi connectivity index (χ0) is 45.7. The molecule has 0 spiro atoms. The van der Waals surface area contributed by atoms with Crippen molar-refractivity contribution in [2.45, 2.75) is 33.7 Å². The number of aromatic nitrogens is 4. The molecule has 4 rings (SSSR count). The predicted molar refractivity (Wildman–Crippen MR) is 216 cm³/mol. The maximum Gasteiger partial charge on any atom is 0.335 e. The first-order chi connectivity index (χ1) is 29.4. The fraction of sp³-hybridized carbons (Fsp3) is 0.270. The molecule has 2 heterocycles. The number of benzene rings is 2. The van der Waals surface area contributed by atoms with Gasteiger partial charge in [-0.05, 0) is 55.3 Å². The standard InChI is InChI=1S/C37H40N12O13/c1-4-26(46-44-24-14-20(31(55)56)12-21(15-24)32(57)58)29(53)48(19(3)51)8-5-38-35-41-36(43-37(42-35)40-7-10-50)39-6-9-49-27(52)11-18(2)28(30(49)54)47-45-25-16-22(33(59)60)13-23(17-25)34(61)62/h11-17,50,53-54H,4-10H2,1-3H3,(H,55,56)(H,57,58)(H,59,60)(H,61,62)(H3,38,39,40,41,42,43)/b29-26-,46-44?,47-45?. The van der Waals surface area contributed by atoms with Crippen LogP contribution in [0.15, 0.2) is 79.3 Å². The molecule has 2 aromatic carbocycles. The summed E-state index contributed by atoms with van der Waals surface area (Å²) in [6.07, 6.45) is 0.0512. The maximum absolute atomic E-state index is 12.9. The third-order valence-corrected chi connectivity index (χ3v) is 8.32. The predicted octanol–water partition coefficient (Wildman–Crippen LogP) is 3.95. The largest absolute Gasteiger partial charge is 0.493 e. The van der Waals surface area contributed by atoms with Gasteiger partial charge in [0.1, 0.15) is 11.4 Å². The number of carboxylic acid groups (broad SMARTS) is 4. The maximum atomic E-state index is 12.9. The number of aromatic carboxylic acids is 4. The minimum Gasteiger partial charge on any atom is -0.493 e. The number of hydrogen-bond acceptors (Lipinski definition) is 19. The summed E-state index contributed by atoms with van der Waals surface area (Å²) in [5.74, 6) is -7.44. The lowest BCUT2D eigenvalue weighted by Gasteiger charge is -2.21. The van der Waals surface area contributed by atoms with Crippen LogP contribution in [0.3, 0.4) is 0 Å². The lowest BCUT2D eigenvalue weighted by atomic mass is 10.1. The Hall–Kier alpha value is -8.35. The number of carboxylic acids is 4. The van der Waals surface area contributed by atoms with Crippen molar-refractivity contribution in [1.82, 2.24) is 24.4 Å². The number of anilines is 3. The van der Waals surface area contributed by atoms with Crippen LogP contribution < -0.4 is 21.5 Å². The van der Waals surface area contributed by atoms with Gasteiger partial charge in [0.05, 0.1) is 40.2 Å². The van der Waals surface area contributed by atoms with Crippen LogP contribution in [0, 0.1) is 6.92 Å². The Morgan fingerprint density at radius 3 is 1.61 bits per heavy atom. The number of nitrogens with zero attached hydrogens (tertiary/aromatic N) is 9. The topological polar surface area (TPSA) is 376 Å². The molecule has 0 aliphatic heterocycles. The molecule has 0 aliphatic carbocycles. The number of amides is 1. The molecule has 0 saturated carbocycles. The van der Waals surface area contributed by atoms with Gasteiger partial charge < -0.3 is 51.7 Å². The van der Waals surface area contributed by atoms with Crippen molar-refractivity contribution in [3.63, 3.8) is 0 Å². The zero-order valence-corrected chi connectivity index (χ0v) is 33.1. The van der Waals surface area contributed by atoms with Gasteiger partial charge in [0.25, 0.3) is 5.56 Å². The van der Waals surface area contributed by atoms with Gasteiger partial charge in [0.2, 0.25) is 35.5 Å². The SMILES string of the molecule is CC/C(N=Nc1cc(C(=O)O)cc(C(=O)O)c1)=C(/O)N(CCNc1nc(NCCO)nc(NCCn2c(O)c(N=Nc3cc(C(=O)O)cc(C(=O)O)c3)c(C)cc2=O)n1)C(C)=O. The number of rotatable bonds is 21. The number of carbonyl (C=O) groups excluding carboxylic acids is 1. The lowest BCUT2D eigenvalue weighted by Crippen LogP contribution is -2.33. The lowest BCUT2D eigenvalue weighted by molar-refractivity contribution is -0.128. The van der Waals surface area contributed by atoms with E-state index >= 15 is 0 Å². The first kappa shape index (κ1) is 46.3. The van der Waals surface area contributed by atoms with E-state index < -0.39 is 47.1 Å². The fourth-order valence-corrected chi connectivity index (χ4v) is 5.32. The Bertz CT molecular complexity index is 2470. The van der Waals surface area contributed by atoms with Crippen molar-refractivity contribution in [2.24, 2.45) is 20.5 Å². The number of carbonyl (C=O) groups is 5. The molecule has 0 aliphatic rings. The molecular formula is C37H40N12O13. The Labute approximate surface area is 349 Å². The number of hydrogen-bond donors (Lipinski definition) is 10. The number of pyridine rings is 1. The number of allylic oxidation sites excluding steroid dienone is 1. The molecule has 62 heavy (non-hydrogen) atoms. The number of aliphatic hydroxyl groups is 2. The average molecular weight is 861 g/mol. The van der Waals surface area contributed by atoms with E-state index in [0.717, 1.165) is 45.9 Å². The van der Waals surface area contributed by atoms with Gasteiger partial charge in [-0.15, -0.1) is 10.2 Å². The van der Waals surface area contributed by atoms with Crippen LogP contribution >= 0.6 is 0 Å². The summed E-state index contributed by atoms with van der Waals surface area (Å²) < 4.78 is 0.955. The van der Waals surface area contributed by atoms with Crippen LogP contribution in [0.1, 0.15) is 67.3 Å². The van der Waals surface area contributed by atoms with Gasteiger partial charge in [-0.1, -0.05) is 6.92 Å². The first-order valence-corrected chi connectivity index (χ1v) is 18.2. The van der Waals surface area contributed by atoms with E-state index in [1.54, 1.807) is 6.92 Å². The van der Waals surface area contributed by atoms with Crippen molar-refractivity contribution in [2.75, 3.05) is 48.7 Å². The summed E-state index contributed by atoms with van der Waals surface area (Å²) in [6, 6.07) is 7.40. The van der Waals surface area contributed by atoms with Crippen LogP contribution in [0.5, 0.6) is 5.88 Å². The molecule has 1 amide bonds. The van der Waals surface area contributed by atoms with E-state index in [0.29, 0.717) is 0 Å². The number of nitrogens with one attached hydrogen (secondary N) is 3. The Morgan fingerprint density at radius 1 is 0.694 bits per heavy atom. The van der Waals surface area contributed by atoms with Crippen LogP contribution in [-0.2, 0) is 11.3 Å². The molecule has 4 aromatic rings. The van der Waals surface area contributed by atoms with Crippen LogP contribution in [0.4, 0.5) is 34.9 Å². The van der Waals surface area contributed by atoms with Crippen molar-refractivity contribution in [3.05, 3.63) is 92.2 Å². The molecule has 326 valence electrons. The minimum absolute atomic E-state index is 0.00740. The average Bonchev–Trinajstić information content (AvgIpc) is 3.22. The second-order valence-corrected chi connectivity index (χ2v) is 12.8. The van der Waals surface area contributed by atoms with Crippen LogP contribution in [0.25, 0.3) is 0 Å².